The molecule has 1 saturated heterocycles. The van der Waals surface area contributed by atoms with Gasteiger partial charge in [-0.2, -0.15) is 0 Å². The third-order valence-electron chi connectivity index (χ3n) is 5.11. The van der Waals surface area contributed by atoms with Crippen LogP contribution in [-0.2, 0) is 30.6 Å². The molecular weight excluding hydrogens is 552 g/mol. The summed E-state index contributed by atoms with van der Waals surface area (Å²) in [6.07, 6.45) is 0. The second kappa shape index (κ2) is 11.4. The van der Waals surface area contributed by atoms with Gasteiger partial charge in [0.2, 0.25) is 0 Å². The predicted molar refractivity (Wildman–Crippen MR) is 135 cm³/mol. The number of benzene rings is 1. The van der Waals surface area contributed by atoms with Crippen LogP contribution in [0.2, 0.25) is 0 Å². The Bertz CT molecular complexity index is 1300. The maximum Gasteiger partial charge on any atom is 0.358 e. The van der Waals surface area contributed by atoms with Crippen LogP contribution in [0.25, 0.3) is 0 Å². The molecule has 17 heteroatoms. The van der Waals surface area contributed by atoms with Gasteiger partial charge < -0.3 is 25.7 Å². The van der Waals surface area contributed by atoms with Crippen LogP contribution in [0.1, 0.15) is 11.3 Å². The fraction of sp³-hybridized carbons (Fsp3) is 0.250. The summed E-state index contributed by atoms with van der Waals surface area (Å²) in [6, 6.07) is 4.37. The van der Waals surface area contributed by atoms with E-state index in [2.05, 4.69) is 15.5 Å². The van der Waals surface area contributed by atoms with Gasteiger partial charge in [0.1, 0.15) is 36.6 Å². The summed E-state index contributed by atoms with van der Waals surface area (Å²) >= 11 is 2.24. The highest BCUT2D eigenvalue weighted by Crippen LogP contribution is 2.40. The number of nitro benzene ring substituents is 1. The van der Waals surface area contributed by atoms with Gasteiger partial charge in [-0.1, -0.05) is 5.16 Å². The number of hydrogen-bond acceptors (Lipinski definition) is 13. The number of carbonyl (C=O) groups excluding carboxylic acids is 3. The highest BCUT2D eigenvalue weighted by Gasteiger charge is 2.55. The number of β-lactam (4-membered cyclic amide) rings is 1. The van der Waals surface area contributed by atoms with E-state index in [1.54, 1.807) is 0 Å². The highest BCUT2D eigenvalue weighted by atomic mass is 35.5. The second-order valence-corrected chi connectivity index (χ2v) is 9.34. The number of esters is 1. The number of ether oxygens (including phenoxy) is 1. The number of oxime groups is 1. The minimum absolute atomic E-state index is 0. The number of rotatable bonds is 8. The van der Waals surface area contributed by atoms with E-state index in [1.165, 1.54) is 36.8 Å². The number of nitrogens with two attached hydrogens (primary N) is 1. The van der Waals surface area contributed by atoms with E-state index in [-0.39, 0.29) is 58.4 Å². The van der Waals surface area contributed by atoms with Crippen LogP contribution in [0.4, 0.5) is 10.8 Å². The third-order valence-corrected chi connectivity index (χ3v) is 7.05. The zero-order valence-electron chi connectivity index (χ0n) is 18.9. The smallest absolute Gasteiger partial charge is 0.358 e. The van der Waals surface area contributed by atoms with Crippen LogP contribution in [0, 0.1) is 10.1 Å². The van der Waals surface area contributed by atoms with Crippen LogP contribution in [0.5, 0.6) is 0 Å². The second-order valence-electron chi connectivity index (χ2n) is 7.35. The van der Waals surface area contributed by atoms with E-state index in [0.717, 1.165) is 28.0 Å². The van der Waals surface area contributed by atoms with Gasteiger partial charge in [-0.05, 0) is 17.7 Å². The van der Waals surface area contributed by atoms with Crippen LogP contribution < -0.4 is 11.1 Å². The Balaban J connectivity index is 0.00000380. The molecule has 2 amide bonds. The van der Waals surface area contributed by atoms with Crippen LogP contribution in [-0.4, -0.2) is 67.7 Å². The molecular formula is C20H19ClN6O8S2. The first kappa shape index (κ1) is 27.7. The monoisotopic (exact) mass is 570 g/mol. The lowest BCUT2D eigenvalue weighted by Gasteiger charge is -2.48. The van der Waals surface area contributed by atoms with Crippen molar-refractivity contribution in [2.24, 2.45) is 5.16 Å². The maximum absolute atomic E-state index is 12.9. The van der Waals surface area contributed by atoms with Gasteiger partial charge in [0, 0.05) is 17.5 Å². The van der Waals surface area contributed by atoms with Crippen molar-refractivity contribution in [3.8, 4) is 0 Å². The fourth-order valence-electron chi connectivity index (χ4n) is 3.43. The number of aliphatic hydroxyl groups is 1. The molecule has 0 saturated carbocycles. The van der Waals surface area contributed by atoms with Crippen molar-refractivity contribution in [3.63, 3.8) is 0 Å². The van der Waals surface area contributed by atoms with Crippen LogP contribution in [0.3, 0.4) is 0 Å². The number of nitrogens with zero attached hydrogens (tertiary/aromatic N) is 4. The molecule has 1 unspecified atom stereocenters. The minimum Gasteiger partial charge on any atom is -0.509 e. The summed E-state index contributed by atoms with van der Waals surface area (Å²) in [4.78, 5) is 58.3. The zero-order valence-corrected chi connectivity index (χ0v) is 21.3. The van der Waals surface area contributed by atoms with E-state index in [9.17, 15) is 29.6 Å². The van der Waals surface area contributed by atoms with Crippen molar-refractivity contribution < 1.29 is 34.0 Å². The number of anilines is 1. The Morgan fingerprint density at radius 1 is 1.38 bits per heavy atom. The number of amides is 2. The zero-order chi connectivity index (χ0) is 26.0. The molecule has 2 aromatic rings. The minimum atomic E-state index is -1.01. The molecule has 1 aromatic heterocycles. The normalized spacial score (nSPS) is 18.8. The summed E-state index contributed by atoms with van der Waals surface area (Å²) < 4.78 is 5.21. The van der Waals surface area contributed by atoms with Crippen molar-refractivity contribution in [2.45, 2.75) is 18.0 Å². The number of non-ortho nitro benzene ring substituents is 1. The van der Waals surface area contributed by atoms with Crippen molar-refractivity contribution in [2.75, 3.05) is 18.6 Å². The molecule has 2 atom stereocenters. The average molecular weight is 571 g/mol. The number of aromatic nitrogens is 1. The Labute approximate surface area is 223 Å². The molecule has 14 nitrogen and oxygen atoms in total. The van der Waals surface area contributed by atoms with Gasteiger partial charge in [-0.15, -0.1) is 35.5 Å². The van der Waals surface area contributed by atoms with Crippen molar-refractivity contribution in [3.05, 3.63) is 62.5 Å². The molecule has 0 spiro atoms. The number of halogens is 1. The Hall–Kier alpha value is -3.89. The molecule has 2 aliphatic rings. The summed E-state index contributed by atoms with van der Waals surface area (Å²) in [5, 5.41) is 28.3. The number of carbonyl (C=O) groups is 3. The van der Waals surface area contributed by atoms with Gasteiger partial charge in [0.25, 0.3) is 17.5 Å². The highest BCUT2D eigenvalue weighted by molar-refractivity contribution is 8.00. The topological polar surface area (TPSA) is 200 Å². The molecule has 196 valence electrons. The van der Waals surface area contributed by atoms with E-state index < -0.39 is 34.1 Å². The number of fused-ring (bicyclic) bond motifs is 1. The summed E-state index contributed by atoms with van der Waals surface area (Å²) in [5.74, 6) is -2.66. The summed E-state index contributed by atoms with van der Waals surface area (Å²) in [6.45, 7) is -0.235. The van der Waals surface area contributed by atoms with Crippen molar-refractivity contribution in [1.29, 1.82) is 0 Å². The van der Waals surface area contributed by atoms with Crippen LogP contribution >= 0.6 is 35.5 Å². The summed E-state index contributed by atoms with van der Waals surface area (Å²) in [7, 11) is 1.25. The third kappa shape index (κ3) is 5.60. The molecule has 3 heterocycles. The van der Waals surface area contributed by atoms with Crippen molar-refractivity contribution >= 4 is 69.8 Å². The van der Waals surface area contributed by atoms with E-state index >= 15 is 0 Å². The van der Waals surface area contributed by atoms with Gasteiger partial charge in [-0.3, -0.25) is 24.6 Å². The number of thiazole rings is 1. The number of nitro groups is 1. The Morgan fingerprint density at radius 2 is 2.08 bits per heavy atom. The Kier molecular flexibility index (Phi) is 8.57. The fourth-order valence-corrected chi connectivity index (χ4v) is 5.17. The first-order valence-corrected chi connectivity index (χ1v) is 12.0. The lowest BCUT2D eigenvalue weighted by Crippen LogP contribution is -2.71. The number of thioether (sulfide) groups is 1. The molecule has 4 rings (SSSR count). The van der Waals surface area contributed by atoms with Gasteiger partial charge in [0.15, 0.2) is 16.5 Å². The maximum atomic E-state index is 12.9. The summed E-state index contributed by atoms with van der Waals surface area (Å²) in [5.41, 5.74) is 5.64. The van der Waals surface area contributed by atoms with Gasteiger partial charge >= 0.3 is 5.97 Å². The molecule has 0 aliphatic carbocycles. The Morgan fingerprint density at radius 3 is 2.68 bits per heavy atom. The van der Waals surface area contributed by atoms with E-state index in [1.807, 2.05) is 0 Å². The standard InChI is InChI=1S/C20H18N6O8S2.ClH/c1-33-24-13(11-7-36-20(21)22-11)16(28)23-14-17(29)25-15(12(27)8-35-18(14)25)19(30)34-6-9-2-4-10(5-3-9)26(31)32;/h2-5,7,14,18,27H,6,8H2,1H3,(H2,21,22)(H,23,28);1H/b24-13-;/t14?,18-;/m1./s1. The molecule has 2 aliphatic heterocycles. The predicted octanol–water partition coefficient (Wildman–Crippen LogP) is 1.32. The first-order valence-electron chi connectivity index (χ1n) is 10.1. The van der Waals surface area contributed by atoms with E-state index in [4.69, 9.17) is 15.3 Å². The number of nitrogens with one attached hydrogen (secondary N) is 1. The lowest BCUT2D eigenvalue weighted by molar-refractivity contribution is -0.384. The molecule has 4 N–H and O–H groups in total. The SMILES string of the molecule is CO/N=C(\C(=O)NC1C(=O)N2C(C(=O)OCc3ccc([N+](=O)[O-])cc3)=C(O)CS[C@H]12)c1csc(N)n1.Cl. The lowest BCUT2D eigenvalue weighted by atomic mass is 10.0. The molecule has 1 aromatic carbocycles. The average Bonchev–Trinajstić information content (AvgIpc) is 3.29. The van der Waals surface area contributed by atoms with Gasteiger partial charge in [0.05, 0.1) is 10.7 Å². The van der Waals surface area contributed by atoms with Crippen molar-refractivity contribution in [1.82, 2.24) is 15.2 Å². The molecule has 0 bridgehead atoms. The van der Waals surface area contributed by atoms with Gasteiger partial charge in [-0.25, -0.2) is 9.78 Å². The molecule has 1 fully saturated rings. The molecule has 37 heavy (non-hydrogen) atoms. The molecule has 0 radical (unpaired) electrons. The number of aliphatic hydroxyl groups excluding tert-OH is 1. The quantitative estimate of drug-likeness (QED) is 0.136. The largest absolute Gasteiger partial charge is 0.509 e. The van der Waals surface area contributed by atoms with Crippen LogP contribution in [0.15, 0.2) is 46.3 Å². The first-order chi connectivity index (χ1) is 17.2. The number of nitrogen functional groups attached to an aromatic ring is 1. The van der Waals surface area contributed by atoms with E-state index in [0.29, 0.717) is 5.56 Å². The number of hydrogen-bond donors (Lipinski definition) is 3.